The van der Waals surface area contributed by atoms with Crippen molar-refractivity contribution in [2.45, 2.75) is 13.0 Å². The molecule has 6 rings (SSSR count). The van der Waals surface area contributed by atoms with Crippen LogP contribution in [0.25, 0.3) is 34.3 Å². The number of amides is 1. The van der Waals surface area contributed by atoms with Gasteiger partial charge < -0.3 is 11.1 Å². The van der Waals surface area contributed by atoms with Crippen molar-refractivity contribution in [2.24, 2.45) is 0 Å². The Morgan fingerprint density at radius 2 is 1.75 bits per heavy atom. The molecule has 0 saturated carbocycles. The molecule has 1 unspecified atom stereocenters. The van der Waals surface area contributed by atoms with Crippen molar-refractivity contribution in [3.8, 4) is 5.69 Å². The zero-order valence-electron chi connectivity index (χ0n) is 21.8. The molecule has 8 nitrogen and oxygen atoms in total. The first-order valence-electron chi connectivity index (χ1n) is 12.9. The third-order valence-corrected chi connectivity index (χ3v) is 6.88. The number of hydrogen-bond donors (Lipinski definition) is 3. The number of nitrogen functional groups attached to an aromatic ring is 1. The van der Waals surface area contributed by atoms with Crippen LogP contribution in [0.4, 0.5) is 5.82 Å². The first kappa shape index (κ1) is 24.8. The van der Waals surface area contributed by atoms with Crippen LogP contribution in [0.2, 0.25) is 0 Å². The monoisotopic (exact) mass is 527 g/mol. The lowest BCUT2D eigenvalue weighted by Crippen LogP contribution is -2.33. The van der Waals surface area contributed by atoms with Crippen LogP contribution in [0.3, 0.4) is 0 Å². The number of aromatic amines is 1. The fourth-order valence-corrected chi connectivity index (χ4v) is 4.98. The minimum atomic E-state index is -0.536. The average molecular weight is 528 g/mol. The maximum Gasteiger partial charge on any atom is 0.362 e. The average Bonchev–Trinajstić information content (AvgIpc) is 3.32. The molecule has 3 aromatic heterocycles. The minimum absolute atomic E-state index is 0.169. The van der Waals surface area contributed by atoms with Crippen molar-refractivity contribution in [3.05, 3.63) is 136 Å². The molecule has 0 spiro atoms. The predicted molar refractivity (Wildman–Crippen MR) is 157 cm³/mol. The number of nitrogens with one attached hydrogen (secondary N) is 2. The van der Waals surface area contributed by atoms with Crippen LogP contribution < -0.4 is 21.1 Å². The highest BCUT2D eigenvalue weighted by Gasteiger charge is 2.27. The number of hydrogen-bond acceptors (Lipinski definition) is 4. The molecule has 1 amide bonds. The second-order valence-corrected chi connectivity index (χ2v) is 9.51. The van der Waals surface area contributed by atoms with Gasteiger partial charge in [-0.25, -0.2) is 5.10 Å². The molecule has 1 atom stereocenters. The summed E-state index contributed by atoms with van der Waals surface area (Å²) in [5.41, 5.74) is 9.83. The molecule has 0 aliphatic heterocycles. The summed E-state index contributed by atoms with van der Waals surface area (Å²) < 4.78 is 3.26. The number of H-pyrrole nitrogens is 1. The number of anilines is 1. The highest BCUT2D eigenvalue weighted by molar-refractivity contribution is 6.03. The Morgan fingerprint density at radius 3 is 2.52 bits per heavy atom. The van der Waals surface area contributed by atoms with E-state index in [9.17, 15) is 9.59 Å². The highest BCUT2D eigenvalue weighted by atomic mass is 16.2. The molecule has 8 heteroatoms. The van der Waals surface area contributed by atoms with Crippen LogP contribution in [0.5, 0.6) is 0 Å². The molecule has 0 radical (unpaired) electrons. The molecule has 0 bridgehead atoms. The summed E-state index contributed by atoms with van der Waals surface area (Å²) in [5, 5.41) is 7.34. The Labute approximate surface area is 230 Å². The van der Waals surface area contributed by atoms with Crippen LogP contribution in [0.15, 0.2) is 108 Å². The Hall–Kier alpha value is -5.50. The lowest BCUT2D eigenvalue weighted by Gasteiger charge is -2.21. The molecule has 0 aliphatic carbocycles. The second kappa shape index (κ2) is 10.3. The topological polar surface area (TPSA) is 110 Å². The van der Waals surface area contributed by atoms with E-state index >= 15 is 0 Å². The maximum atomic E-state index is 14.2. The molecule has 6 aromatic rings. The Kier molecular flexibility index (Phi) is 6.41. The van der Waals surface area contributed by atoms with Gasteiger partial charge in [0.2, 0.25) is 0 Å². The fraction of sp³-hybridized carbons (Fsp3) is 0.0625. The van der Waals surface area contributed by atoms with Crippen LogP contribution in [-0.2, 0) is 0 Å². The molecular formula is C32H27N6O2+. The molecular weight excluding hydrogens is 500 g/mol. The summed E-state index contributed by atoms with van der Waals surface area (Å²) in [5.74, 6) is -0.189. The quantitative estimate of drug-likeness (QED) is 0.216. The van der Waals surface area contributed by atoms with E-state index < -0.39 is 11.9 Å². The number of aromatic nitrogens is 4. The van der Waals surface area contributed by atoms with E-state index in [1.807, 2.05) is 104 Å². The highest BCUT2D eigenvalue weighted by Crippen LogP contribution is 2.25. The molecule has 0 saturated heterocycles. The molecule has 4 N–H and O–H groups in total. The van der Waals surface area contributed by atoms with Crippen LogP contribution in [-0.4, -0.2) is 20.6 Å². The summed E-state index contributed by atoms with van der Waals surface area (Å²) in [7, 11) is 0. The zero-order chi connectivity index (χ0) is 27.6. The van der Waals surface area contributed by atoms with Gasteiger partial charge in [-0.15, -0.1) is 4.52 Å². The van der Waals surface area contributed by atoms with E-state index in [0.29, 0.717) is 22.4 Å². The van der Waals surface area contributed by atoms with Gasteiger partial charge in [0.1, 0.15) is 12.4 Å². The standard InChI is InChI=1S/C32H26N6O2/c1-21(35-31(39)28-29(33)36-37-19-9-18-34-30(28)37)26-20-24-13-8-12-23(17-16-22-10-4-2-5-11-22)27(24)32(40)38(26)25-14-6-3-7-15-25/h2-21H,1H3,(H3,33,35,36,39)/p+1. The SMILES string of the molecule is CC(NC(=O)c1c(N)[nH][n+]2cccnc12)c1cc2cccc(C=Cc3ccccc3)c2c(=O)n1-c1ccccc1. The van der Waals surface area contributed by atoms with Crippen LogP contribution >= 0.6 is 0 Å². The number of nitrogens with two attached hydrogens (primary N) is 1. The van der Waals surface area contributed by atoms with Crippen molar-refractivity contribution >= 4 is 40.3 Å². The molecule has 3 aromatic carbocycles. The summed E-state index contributed by atoms with van der Waals surface area (Å²) in [6, 6.07) is 28.3. The van der Waals surface area contributed by atoms with Gasteiger partial charge in [0.15, 0.2) is 11.4 Å². The van der Waals surface area contributed by atoms with E-state index in [4.69, 9.17) is 5.73 Å². The number of carbonyl (C=O) groups excluding carboxylic acids is 1. The molecule has 3 heterocycles. The van der Waals surface area contributed by atoms with Gasteiger partial charge in [-0.05, 0) is 46.6 Å². The van der Waals surface area contributed by atoms with Crippen molar-refractivity contribution in [3.63, 3.8) is 0 Å². The van der Waals surface area contributed by atoms with Gasteiger partial charge in [0.25, 0.3) is 11.5 Å². The number of rotatable bonds is 6. The summed E-state index contributed by atoms with van der Waals surface area (Å²) in [6.45, 7) is 1.85. The number of nitrogens with zero attached hydrogens (tertiary/aromatic N) is 3. The van der Waals surface area contributed by atoms with Crippen molar-refractivity contribution in [1.29, 1.82) is 0 Å². The van der Waals surface area contributed by atoms with E-state index in [0.717, 1.165) is 16.5 Å². The summed E-state index contributed by atoms with van der Waals surface area (Å²) in [6.07, 6.45) is 7.29. The van der Waals surface area contributed by atoms with Crippen molar-refractivity contribution < 1.29 is 9.31 Å². The lowest BCUT2D eigenvalue weighted by molar-refractivity contribution is -0.577. The number of carbonyl (C=O) groups is 1. The molecule has 40 heavy (non-hydrogen) atoms. The van der Waals surface area contributed by atoms with E-state index in [1.54, 1.807) is 27.5 Å². The summed E-state index contributed by atoms with van der Waals surface area (Å²) in [4.78, 5) is 31.9. The maximum absolute atomic E-state index is 14.2. The Morgan fingerprint density at radius 1 is 1.00 bits per heavy atom. The fourth-order valence-electron chi connectivity index (χ4n) is 4.98. The molecule has 0 fully saturated rings. The minimum Gasteiger partial charge on any atom is -0.382 e. The van der Waals surface area contributed by atoms with Crippen LogP contribution in [0.1, 0.15) is 40.1 Å². The second-order valence-electron chi connectivity index (χ2n) is 9.51. The predicted octanol–water partition coefficient (Wildman–Crippen LogP) is 4.70. The van der Waals surface area contributed by atoms with Gasteiger partial charge in [-0.1, -0.05) is 78.9 Å². The summed E-state index contributed by atoms with van der Waals surface area (Å²) >= 11 is 0. The molecule has 0 aliphatic rings. The van der Waals surface area contributed by atoms with E-state index in [2.05, 4.69) is 15.4 Å². The van der Waals surface area contributed by atoms with Crippen molar-refractivity contribution in [2.75, 3.05) is 5.73 Å². The third-order valence-electron chi connectivity index (χ3n) is 6.88. The van der Waals surface area contributed by atoms with Gasteiger partial charge in [0, 0.05) is 17.4 Å². The number of para-hydroxylation sites is 1. The third kappa shape index (κ3) is 4.52. The van der Waals surface area contributed by atoms with Crippen molar-refractivity contribution in [1.82, 2.24) is 20.0 Å². The smallest absolute Gasteiger partial charge is 0.362 e. The van der Waals surface area contributed by atoms with Gasteiger partial charge in [0.05, 0.1) is 11.4 Å². The van der Waals surface area contributed by atoms with Crippen LogP contribution in [0, 0.1) is 0 Å². The number of benzene rings is 3. The number of pyridine rings is 1. The molecule has 196 valence electrons. The lowest BCUT2D eigenvalue weighted by atomic mass is 10.0. The largest absolute Gasteiger partial charge is 0.382 e. The zero-order valence-corrected chi connectivity index (χ0v) is 21.8. The Bertz CT molecular complexity index is 1940. The van der Waals surface area contributed by atoms with Gasteiger partial charge >= 0.3 is 5.65 Å². The normalized spacial score (nSPS) is 12.2. The first-order valence-corrected chi connectivity index (χ1v) is 12.9. The first-order chi connectivity index (χ1) is 19.5. The van der Waals surface area contributed by atoms with Gasteiger partial charge in [-0.2, -0.15) is 0 Å². The number of fused-ring (bicyclic) bond motifs is 2. The van der Waals surface area contributed by atoms with Gasteiger partial charge in [-0.3, -0.25) is 14.2 Å². The van der Waals surface area contributed by atoms with E-state index in [1.165, 1.54) is 0 Å². The van der Waals surface area contributed by atoms with E-state index in [-0.39, 0.29) is 16.9 Å². The Balaban J connectivity index is 1.47.